The first-order valence-corrected chi connectivity index (χ1v) is 5.58. The predicted octanol–water partition coefficient (Wildman–Crippen LogP) is 1.97. The number of amides is 1. The van der Waals surface area contributed by atoms with Crippen LogP contribution in [0, 0.1) is 12.8 Å². The van der Waals surface area contributed by atoms with Gasteiger partial charge in [0.1, 0.15) is 0 Å². The van der Waals surface area contributed by atoms with Crippen LogP contribution in [0.15, 0.2) is 24.3 Å². The van der Waals surface area contributed by atoms with Crippen molar-refractivity contribution in [3.05, 3.63) is 35.4 Å². The maximum Gasteiger partial charge on any atom is 0.227 e. The summed E-state index contributed by atoms with van der Waals surface area (Å²) in [5, 5.41) is 0. The number of hydrogen-bond acceptors (Lipinski definition) is 1. The average Bonchev–Trinajstić information content (AvgIpc) is 2.15. The van der Waals surface area contributed by atoms with Gasteiger partial charge in [-0.2, -0.15) is 0 Å². The van der Waals surface area contributed by atoms with Crippen LogP contribution in [0.4, 0.5) is 4.39 Å². The summed E-state index contributed by atoms with van der Waals surface area (Å²) < 4.78 is 12.2. The van der Waals surface area contributed by atoms with Gasteiger partial charge in [0.15, 0.2) is 0 Å². The first-order chi connectivity index (χ1) is 7.69. The van der Waals surface area contributed by atoms with E-state index in [4.69, 9.17) is 0 Å². The molecule has 0 saturated carbocycles. The number of aryl methyl sites for hydroxylation is 1. The maximum absolute atomic E-state index is 12.2. The second-order valence-corrected chi connectivity index (χ2v) is 4.48. The molecule has 1 aliphatic heterocycles. The Balaban J connectivity index is 1.89. The quantitative estimate of drug-likeness (QED) is 0.764. The predicted molar refractivity (Wildman–Crippen MR) is 60.9 cm³/mol. The van der Waals surface area contributed by atoms with Gasteiger partial charge >= 0.3 is 0 Å². The molecule has 2 nitrogen and oxygen atoms in total. The smallest absolute Gasteiger partial charge is 0.227 e. The molecule has 1 aliphatic rings. The van der Waals surface area contributed by atoms with Crippen LogP contribution in [0.2, 0.25) is 0 Å². The van der Waals surface area contributed by atoms with Crippen molar-refractivity contribution in [2.45, 2.75) is 13.3 Å². The van der Waals surface area contributed by atoms with E-state index in [2.05, 4.69) is 0 Å². The third-order valence-corrected chi connectivity index (χ3v) is 2.97. The number of benzene rings is 1. The van der Waals surface area contributed by atoms with Crippen LogP contribution < -0.4 is 0 Å². The van der Waals surface area contributed by atoms with Gasteiger partial charge in [-0.3, -0.25) is 9.18 Å². The molecule has 1 saturated heterocycles. The molecule has 1 fully saturated rings. The molecular formula is C13H16FNO. The Morgan fingerprint density at radius 3 is 2.88 bits per heavy atom. The Morgan fingerprint density at radius 2 is 2.25 bits per heavy atom. The lowest BCUT2D eigenvalue weighted by molar-refractivity contribution is -0.137. The highest BCUT2D eigenvalue weighted by Crippen LogP contribution is 2.17. The summed E-state index contributed by atoms with van der Waals surface area (Å²) in [5.41, 5.74) is 2.20. The van der Waals surface area contributed by atoms with E-state index >= 15 is 0 Å². The highest BCUT2D eigenvalue weighted by Gasteiger charge is 2.29. The molecule has 1 aromatic carbocycles. The number of nitrogens with zero attached hydrogens (tertiary/aromatic N) is 1. The fraction of sp³-hybridized carbons (Fsp3) is 0.462. The number of carbonyl (C=O) groups excluding carboxylic acids is 1. The minimum atomic E-state index is -0.311. The minimum absolute atomic E-state index is 0.0708. The summed E-state index contributed by atoms with van der Waals surface area (Å²) in [5.74, 6) is 0.178. The van der Waals surface area contributed by atoms with Gasteiger partial charge in [0.25, 0.3) is 0 Å². The molecule has 86 valence electrons. The summed E-state index contributed by atoms with van der Waals surface area (Å²) >= 11 is 0. The van der Waals surface area contributed by atoms with Gasteiger partial charge in [-0.25, -0.2) is 0 Å². The van der Waals surface area contributed by atoms with Crippen molar-refractivity contribution in [3.8, 4) is 0 Å². The Morgan fingerprint density at radius 1 is 1.50 bits per heavy atom. The van der Waals surface area contributed by atoms with Gasteiger partial charge in [-0.1, -0.05) is 29.8 Å². The number of hydrogen-bond donors (Lipinski definition) is 0. The van der Waals surface area contributed by atoms with Crippen LogP contribution in [-0.4, -0.2) is 30.6 Å². The lowest BCUT2D eigenvalue weighted by Crippen LogP contribution is -2.51. The third-order valence-electron chi connectivity index (χ3n) is 2.97. The largest absolute Gasteiger partial charge is 0.342 e. The molecule has 1 amide bonds. The van der Waals surface area contributed by atoms with Crippen molar-refractivity contribution in [2.75, 3.05) is 19.8 Å². The van der Waals surface area contributed by atoms with E-state index in [1.54, 1.807) is 4.90 Å². The molecule has 0 atom stereocenters. The standard InChI is InChI=1S/C13H16FNO/c1-10-3-2-4-11(5-10)6-13(16)15-8-12(7-14)9-15/h2-5,12H,6-9H2,1H3. The number of likely N-dealkylation sites (tertiary alicyclic amines) is 1. The van der Waals surface area contributed by atoms with Gasteiger partial charge in [0.2, 0.25) is 5.91 Å². The zero-order valence-corrected chi connectivity index (χ0v) is 9.45. The molecule has 0 aromatic heterocycles. The van der Waals surface area contributed by atoms with Gasteiger partial charge in [0.05, 0.1) is 13.1 Å². The first kappa shape index (κ1) is 11.1. The van der Waals surface area contributed by atoms with E-state index in [-0.39, 0.29) is 18.5 Å². The molecule has 1 aromatic rings. The molecule has 0 radical (unpaired) electrons. The highest BCUT2D eigenvalue weighted by molar-refractivity contribution is 5.79. The Bertz CT molecular complexity index is 385. The third kappa shape index (κ3) is 2.40. The maximum atomic E-state index is 12.2. The summed E-state index contributed by atoms with van der Waals surface area (Å²) in [6, 6.07) is 7.94. The van der Waals surface area contributed by atoms with Crippen molar-refractivity contribution in [1.82, 2.24) is 4.90 Å². The van der Waals surface area contributed by atoms with Crippen molar-refractivity contribution >= 4 is 5.91 Å². The molecule has 1 heterocycles. The summed E-state index contributed by atoms with van der Waals surface area (Å²) in [6.45, 7) is 2.87. The summed E-state index contributed by atoms with van der Waals surface area (Å²) in [4.78, 5) is 13.5. The molecule has 16 heavy (non-hydrogen) atoms. The van der Waals surface area contributed by atoms with Crippen LogP contribution in [-0.2, 0) is 11.2 Å². The monoisotopic (exact) mass is 221 g/mol. The van der Waals surface area contributed by atoms with Crippen molar-refractivity contribution < 1.29 is 9.18 Å². The fourth-order valence-electron chi connectivity index (χ4n) is 1.98. The number of carbonyl (C=O) groups is 1. The van der Waals surface area contributed by atoms with Gasteiger partial charge < -0.3 is 4.90 Å². The zero-order chi connectivity index (χ0) is 11.5. The van der Waals surface area contributed by atoms with E-state index in [1.165, 1.54) is 0 Å². The number of rotatable bonds is 3. The Kier molecular flexibility index (Phi) is 3.22. The van der Waals surface area contributed by atoms with Crippen LogP contribution in [0.3, 0.4) is 0 Å². The highest BCUT2D eigenvalue weighted by atomic mass is 19.1. The Hall–Kier alpha value is -1.38. The van der Waals surface area contributed by atoms with Crippen molar-refractivity contribution in [2.24, 2.45) is 5.92 Å². The molecule has 2 rings (SSSR count). The molecule has 0 aliphatic carbocycles. The van der Waals surface area contributed by atoms with Crippen molar-refractivity contribution in [3.63, 3.8) is 0 Å². The van der Waals surface area contributed by atoms with Crippen LogP contribution in [0.1, 0.15) is 11.1 Å². The zero-order valence-electron chi connectivity index (χ0n) is 9.45. The van der Waals surface area contributed by atoms with Gasteiger partial charge in [-0.15, -0.1) is 0 Å². The first-order valence-electron chi connectivity index (χ1n) is 5.58. The van der Waals surface area contributed by atoms with E-state index in [9.17, 15) is 9.18 Å². The second-order valence-electron chi connectivity index (χ2n) is 4.48. The molecule has 0 unspecified atom stereocenters. The van der Waals surface area contributed by atoms with E-state index in [0.29, 0.717) is 19.5 Å². The Labute approximate surface area is 95.1 Å². The number of alkyl halides is 1. The molecule has 0 N–H and O–H groups in total. The van der Waals surface area contributed by atoms with Gasteiger partial charge in [0, 0.05) is 19.0 Å². The van der Waals surface area contributed by atoms with Crippen LogP contribution >= 0.6 is 0 Å². The van der Waals surface area contributed by atoms with Gasteiger partial charge in [-0.05, 0) is 12.5 Å². The fourth-order valence-corrected chi connectivity index (χ4v) is 1.98. The lowest BCUT2D eigenvalue weighted by Gasteiger charge is -2.37. The minimum Gasteiger partial charge on any atom is -0.342 e. The average molecular weight is 221 g/mol. The molecule has 3 heteroatoms. The van der Waals surface area contributed by atoms with Crippen LogP contribution in [0.5, 0.6) is 0 Å². The number of halogens is 1. The topological polar surface area (TPSA) is 20.3 Å². The summed E-state index contributed by atoms with van der Waals surface area (Å²) in [6.07, 6.45) is 0.431. The van der Waals surface area contributed by atoms with E-state index in [1.807, 2.05) is 31.2 Å². The van der Waals surface area contributed by atoms with Crippen molar-refractivity contribution in [1.29, 1.82) is 0 Å². The molecular weight excluding hydrogens is 205 g/mol. The SMILES string of the molecule is Cc1cccc(CC(=O)N2CC(CF)C2)c1. The second kappa shape index (κ2) is 4.64. The lowest BCUT2D eigenvalue weighted by atomic mass is 10.00. The molecule has 0 bridgehead atoms. The summed E-state index contributed by atoms with van der Waals surface area (Å²) in [7, 11) is 0. The van der Waals surface area contributed by atoms with Crippen LogP contribution in [0.25, 0.3) is 0 Å². The van der Waals surface area contributed by atoms with E-state index in [0.717, 1.165) is 11.1 Å². The van der Waals surface area contributed by atoms with E-state index < -0.39 is 0 Å². The normalized spacial score (nSPS) is 16.0. The molecule has 0 spiro atoms.